The molecule has 0 spiro atoms. The molecule has 15 heteroatoms. The van der Waals surface area contributed by atoms with Gasteiger partial charge in [-0.3, -0.25) is 9.59 Å². The number of amides is 2. The molecule has 0 aliphatic carbocycles. The van der Waals surface area contributed by atoms with E-state index in [-0.39, 0.29) is 0 Å². The fraction of sp³-hybridized carbons (Fsp3) is 0.292. The third kappa shape index (κ3) is 8.72. The molecular formula is C24H17F10N3O2. The third-order valence-electron chi connectivity index (χ3n) is 5.10. The summed E-state index contributed by atoms with van der Waals surface area (Å²) >= 11 is 0. The van der Waals surface area contributed by atoms with Crippen LogP contribution in [0.1, 0.15) is 45.5 Å². The molecule has 2 aromatic rings. The maximum Gasteiger partial charge on any atom is 0.417 e. The van der Waals surface area contributed by atoms with Gasteiger partial charge in [0.15, 0.2) is 0 Å². The average molecular weight is 569 g/mol. The Kier molecular flexibility index (Phi) is 9.38. The molecule has 0 heterocycles. The van der Waals surface area contributed by atoms with Crippen molar-refractivity contribution in [3.63, 3.8) is 0 Å². The Morgan fingerprint density at radius 2 is 1.64 bits per heavy atom. The Bertz CT molecular complexity index is 1290. The summed E-state index contributed by atoms with van der Waals surface area (Å²) in [6.07, 6.45) is -13.8. The second-order valence-electron chi connectivity index (χ2n) is 8.06. The van der Waals surface area contributed by atoms with Crippen molar-refractivity contribution < 1.29 is 53.5 Å². The summed E-state index contributed by atoms with van der Waals surface area (Å²) in [5.74, 6) is -6.30. The highest BCUT2D eigenvalue weighted by atomic mass is 19.4. The molecule has 39 heavy (non-hydrogen) atoms. The summed E-state index contributed by atoms with van der Waals surface area (Å²) in [4.78, 5) is 24.1. The van der Waals surface area contributed by atoms with E-state index in [0.29, 0.717) is 36.4 Å². The molecule has 0 bridgehead atoms. The van der Waals surface area contributed by atoms with Crippen molar-refractivity contribution in [1.82, 2.24) is 10.6 Å². The second kappa shape index (κ2) is 11.7. The van der Waals surface area contributed by atoms with Gasteiger partial charge in [-0.15, -0.1) is 0 Å². The van der Waals surface area contributed by atoms with Crippen LogP contribution in [0, 0.1) is 17.1 Å². The Labute approximate surface area is 214 Å². The standard InChI is InChI=1S/C24H17F10N3O2/c1-12(20(38)36-11-22(26,27)28)37-21(39)16-5-2-13(8-18(16)24(32,33)34)3-6-17(23(29,30)31)14-4-7-19(25)15(9-14)10-35/h2-9,12,17H,11H2,1H3,(H,36,38)(H,37,39). The van der Waals surface area contributed by atoms with Crippen molar-refractivity contribution in [2.75, 3.05) is 6.54 Å². The predicted molar refractivity (Wildman–Crippen MR) is 116 cm³/mol. The molecule has 0 saturated carbocycles. The van der Waals surface area contributed by atoms with E-state index in [2.05, 4.69) is 0 Å². The summed E-state index contributed by atoms with van der Waals surface area (Å²) in [5, 5.41) is 12.1. The number of nitrogens with one attached hydrogen (secondary N) is 2. The molecular weight excluding hydrogens is 552 g/mol. The van der Waals surface area contributed by atoms with E-state index in [1.54, 1.807) is 0 Å². The van der Waals surface area contributed by atoms with Crippen molar-refractivity contribution >= 4 is 17.9 Å². The molecule has 2 rings (SSSR count). The van der Waals surface area contributed by atoms with E-state index in [0.717, 1.165) is 19.1 Å². The lowest BCUT2D eigenvalue weighted by Crippen LogP contribution is -2.47. The molecule has 2 amide bonds. The van der Waals surface area contributed by atoms with Crippen LogP contribution in [0.15, 0.2) is 42.5 Å². The summed E-state index contributed by atoms with van der Waals surface area (Å²) in [5.41, 5.74) is -4.29. The number of carbonyl (C=O) groups is 2. The van der Waals surface area contributed by atoms with Crippen LogP contribution in [-0.4, -0.2) is 36.8 Å². The van der Waals surface area contributed by atoms with Gasteiger partial charge in [-0.2, -0.15) is 44.8 Å². The van der Waals surface area contributed by atoms with Crippen LogP contribution in [0.5, 0.6) is 0 Å². The highest BCUT2D eigenvalue weighted by Gasteiger charge is 2.40. The van der Waals surface area contributed by atoms with Gasteiger partial charge in [0.25, 0.3) is 5.91 Å². The van der Waals surface area contributed by atoms with Gasteiger partial charge in [-0.05, 0) is 42.3 Å². The summed E-state index contributed by atoms with van der Waals surface area (Å²) in [6, 6.07) is 3.62. The van der Waals surface area contributed by atoms with E-state index in [1.807, 2.05) is 5.32 Å². The van der Waals surface area contributed by atoms with E-state index in [4.69, 9.17) is 5.26 Å². The number of nitrogens with zero attached hydrogens (tertiary/aromatic N) is 1. The first kappa shape index (κ1) is 31.1. The van der Waals surface area contributed by atoms with Gasteiger partial charge in [0, 0.05) is 0 Å². The quantitative estimate of drug-likeness (QED) is 0.410. The zero-order valence-corrected chi connectivity index (χ0v) is 19.5. The Morgan fingerprint density at radius 3 is 2.18 bits per heavy atom. The van der Waals surface area contributed by atoms with Gasteiger partial charge in [-0.25, -0.2) is 4.39 Å². The average Bonchev–Trinajstić information content (AvgIpc) is 2.81. The third-order valence-corrected chi connectivity index (χ3v) is 5.10. The molecule has 0 aromatic heterocycles. The Hall–Kier alpha value is -4.09. The molecule has 2 aromatic carbocycles. The normalized spacial score (nSPS) is 14.0. The van der Waals surface area contributed by atoms with Crippen LogP contribution in [-0.2, 0) is 11.0 Å². The Morgan fingerprint density at radius 1 is 1.00 bits per heavy atom. The first-order valence-corrected chi connectivity index (χ1v) is 10.6. The minimum Gasteiger partial charge on any atom is -0.345 e. The van der Waals surface area contributed by atoms with E-state index in [1.165, 1.54) is 11.4 Å². The molecule has 2 atom stereocenters. The first-order valence-electron chi connectivity index (χ1n) is 10.6. The molecule has 210 valence electrons. The number of carbonyl (C=O) groups excluding carboxylic acids is 2. The molecule has 0 aliphatic rings. The molecule has 0 saturated heterocycles. The van der Waals surface area contributed by atoms with Crippen molar-refractivity contribution in [2.24, 2.45) is 0 Å². The van der Waals surface area contributed by atoms with E-state index < -0.39 is 82.5 Å². The van der Waals surface area contributed by atoms with Crippen LogP contribution in [0.2, 0.25) is 0 Å². The number of benzene rings is 2. The first-order chi connectivity index (χ1) is 17.8. The van der Waals surface area contributed by atoms with Gasteiger partial charge in [0.2, 0.25) is 5.91 Å². The highest BCUT2D eigenvalue weighted by Crippen LogP contribution is 2.38. The molecule has 0 radical (unpaired) electrons. The fourth-order valence-corrected chi connectivity index (χ4v) is 3.22. The van der Waals surface area contributed by atoms with Crippen LogP contribution in [0.25, 0.3) is 6.08 Å². The smallest absolute Gasteiger partial charge is 0.345 e. The van der Waals surface area contributed by atoms with Gasteiger partial charge >= 0.3 is 18.5 Å². The van der Waals surface area contributed by atoms with Crippen molar-refractivity contribution in [1.29, 1.82) is 5.26 Å². The largest absolute Gasteiger partial charge is 0.417 e. The van der Waals surface area contributed by atoms with Gasteiger partial charge in [0.1, 0.15) is 24.5 Å². The number of alkyl halides is 9. The fourth-order valence-electron chi connectivity index (χ4n) is 3.22. The molecule has 2 N–H and O–H groups in total. The van der Waals surface area contributed by atoms with Crippen molar-refractivity contribution in [3.05, 3.63) is 76.1 Å². The van der Waals surface area contributed by atoms with Crippen LogP contribution >= 0.6 is 0 Å². The van der Waals surface area contributed by atoms with Crippen LogP contribution < -0.4 is 10.6 Å². The lowest BCUT2D eigenvalue weighted by atomic mass is 9.94. The maximum atomic E-state index is 13.7. The van der Waals surface area contributed by atoms with Gasteiger partial charge in [0.05, 0.1) is 22.6 Å². The minimum atomic E-state index is -5.19. The van der Waals surface area contributed by atoms with Crippen molar-refractivity contribution in [3.8, 4) is 6.07 Å². The number of hydrogen-bond acceptors (Lipinski definition) is 3. The molecule has 5 nitrogen and oxygen atoms in total. The second-order valence-corrected chi connectivity index (χ2v) is 8.06. The van der Waals surface area contributed by atoms with Gasteiger partial charge in [-0.1, -0.05) is 24.3 Å². The SMILES string of the molecule is CC(NC(=O)c1ccc(C=CC(c2ccc(F)c(C#N)c2)C(F)(F)F)cc1C(F)(F)F)C(=O)NCC(F)(F)F. The molecule has 2 unspecified atom stereocenters. The Balaban J connectivity index is 2.37. The lowest BCUT2D eigenvalue weighted by Gasteiger charge is -2.19. The summed E-state index contributed by atoms with van der Waals surface area (Å²) in [6.45, 7) is -0.812. The number of allylic oxidation sites excluding steroid dienone is 1. The highest BCUT2D eigenvalue weighted by molar-refractivity contribution is 5.99. The molecule has 0 aliphatic heterocycles. The number of halogens is 10. The number of hydrogen-bond donors (Lipinski definition) is 2. The molecule has 0 fully saturated rings. The minimum absolute atomic E-state index is 0.360. The lowest BCUT2D eigenvalue weighted by molar-refractivity contribution is -0.139. The zero-order valence-electron chi connectivity index (χ0n) is 19.5. The predicted octanol–water partition coefficient (Wildman–Crippen LogP) is 5.87. The maximum absolute atomic E-state index is 13.7. The zero-order chi connectivity index (χ0) is 29.8. The van der Waals surface area contributed by atoms with Gasteiger partial charge < -0.3 is 10.6 Å². The number of rotatable bonds is 7. The monoisotopic (exact) mass is 569 g/mol. The summed E-state index contributed by atoms with van der Waals surface area (Å²) in [7, 11) is 0. The topological polar surface area (TPSA) is 82.0 Å². The van der Waals surface area contributed by atoms with Crippen LogP contribution in [0.4, 0.5) is 43.9 Å². The number of nitriles is 1. The van der Waals surface area contributed by atoms with Crippen LogP contribution in [0.3, 0.4) is 0 Å². The van der Waals surface area contributed by atoms with E-state index >= 15 is 0 Å². The summed E-state index contributed by atoms with van der Waals surface area (Å²) < 4.78 is 132. The van der Waals surface area contributed by atoms with E-state index in [9.17, 15) is 53.5 Å². The van der Waals surface area contributed by atoms with Crippen molar-refractivity contribution in [2.45, 2.75) is 37.4 Å².